The highest BCUT2D eigenvalue weighted by atomic mass is 32.1. The lowest BCUT2D eigenvalue weighted by atomic mass is 9.99. The number of thiophene rings is 1. The standard InChI is InChI=1S/C19H22N2O4S/c1-6-9-21(18(23)14-8-7-10-26-14)13(4)17(22)15-11(2)16(19(24)25-5)20-12(15)3/h6-8,10,13,20H,1,9H2,2-5H3/t13-/m1/s1. The van der Waals surface area contributed by atoms with Crippen molar-refractivity contribution in [3.8, 4) is 0 Å². The lowest BCUT2D eigenvalue weighted by Gasteiger charge is -2.27. The molecular weight excluding hydrogens is 352 g/mol. The topological polar surface area (TPSA) is 79.5 Å². The van der Waals surface area contributed by atoms with Crippen LogP contribution in [-0.4, -0.2) is 47.2 Å². The first-order valence-corrected chi connectivity index (χ1v) is 8.98. The molecule has 0 saturated heterocycles. The molecule has 7 heteroatoms. The van der Waals surface area contributed by atoms with Crippen molar-refractivity contribution in [2.45, 2.75) is 26.8 Å². The molecular formula is C19H22N2O4S. The van der Waals surface area contributed by atoms with Gasteiger partial charge in [0.2, 0.25) is 0 Å². The SMILES string of the molecule is C=CCN(C(=O)c1cccs1)[C@H](C)C(=O)c1c(C)[nH]c(C(=O)OC)c1C. The summed E-state index contributed by atoms with van der Waals surface area (Å²) in [5, 5.41) is 1.81. The summed E-state index contributed by atoms with van der Waals surface area (Å²) in [6.07, 6.45) is 1.59. The van der Waals surface area contributed by atoms with Crippen LogP contribution in [0.25, 0.3) is 0 Å². The molecule has 2 aromatic heterocycles. The lowest BCUT2D eigenvalue weighted by molar-refractivity contribution is 0.0593. The van der Waals surface area contributed by atoms with Crippen molar-refractivity contribution in [2.24, 2.45) is 0 Å². The summed E-state index contributed by atoms with van der Waals surface area (Å²) >= 11 is 1.32. The summed E-state index contributed by atoms with van der Waals surface area (Å²) in [5.74, 6) is -0.993. The average molecular weight is 374 g/mol. The molecule has 0 fully saturated rings. The maximum atomic E-state index is 13.1. The van der Waals surface area contributed by atoms with Gasteiger partial charge in [-0.1, -0.05) is 12.1 Å². The number of carbonyl (C=O) groups excluding carboxylic acids is 3. The van der Waals surface area contributed by atoms with Gasteiger partial charge in [-0.25, -0.2) is 4.79 Å². The summed E-state index contributed by atoms with van der Waals surface area (Å²) in [6, 6.07) is 2.81. The number of ketones is 1. The fraction of sp³-hybridized carbons (Fsp3) is 0.316. The number of aromatic nitrogens is 1. The zero-order valence-corrected chi connectivity index (χ0v) is 16.1. The van der Waals surface area contributed by atoms with Crippen LogP contribution in [0.15, 0.2) is 30.2 Å². The molecule has 1 amide bonds. The molecule has 1 atom stereocenters. The molecule has 0 saturated carbocycles. The van der Waals surface area contributed by atoms with Crippen LogP contribution >= 0.6 is 11.3 Å². The number of aryl methyl sites for hydroxylation is 1. The van der Waals surface area contributed by atoms with E-state index in [2.05, 4.69) is 11.6 Å². The molecule has 0 unspecified atom stereocenters. The van der Waals surface area contributed by atoms with Crippen LogP contribution in [0.1, 0.15) is 48.7 Å². The van der Waals surface area contributed by atoms with Crippen molar-refractivity contribution in [3.63, 3.8) is 0 Å². The van der Waals surface area contributed by atoms with Gasteiger partial charge in [-0.05, 0) is 37.8 Å². The largest absolute Gasteiger partial charge is 0.464 e. The predicted molar refractivity (Wildman–Crippen MR) is 101 cm³/mol. The van der Waals surface area contributed by atoms with Crippen molar-refractivity contribution < 1.29 is 19.1 Å². The van der Waals surface area contributed by atoms with Crippen molar-refractivity contribution in [3.05, 3.63) is 57.6 Å². The second-order valence-corrected chi connectivity index (χ2v) is 6.83. The molecule has 0 spiro atoms. The van der Waals surface area contributed by atoms with Crippen LogP contribution in [0.4, 0.5) is 0 Å². The fourth-order valence-electron chi connectivity index (χ4n) is 2.87. The van der Waals surface area contributed by atoms with Crippen molar-refractivity contribution in [1.29, 1.82) is 0 Å². The van der Waals surface area contributed by atoms with Gasteiger partial charge in [0.1, 0.15) is 5.69 Å². The Labute approximate surface area is 156 Å². The average Bonchev–Trinajstić information content (AvgIpc) is 3.25. The highest BCUT2D eigenvalue weighted by Gasteiger charge is 2.31. The van der Waals surface area contributed by atoms with E-state index in [9.17, 15) is 14.4 Å². The van der Waals surface area contributed by atoms with Gasteiger partial charge in [0.05, 0.1) is 18.0 Å². The normalized spacial score (nSPS) is 11.7. The van der Waals surface area contributed by atoms with Crippen LogP contribution in [0.3, 0.4) is 0 Å². The number of esters is 1. The van der Waals surface area contributed by atoms with E-state index in [0.29, 0.717) is 21.7 Å². The number of nitrogens with one attached hydrogen (secondary N) is 1. The van der Waals surface area contributed by atoms with Gasteiger partial charge < -0.3 is 14.6 Å². The molecule has 26 heavy (non-hydrogen) atoms. The number of nitrogens with zero attached hydrogens (tertiary/aromatic N) is 1. The van der Waals surface area contributed by atoms with Crippen LogP contribution in [0.5, 0.6) is 0 Å². The van der Waals surface area contributed by atoms with E-state index in [1.54, 1.807) is 39.0 Å². The Morgan fingerprint density at radius 3 is 2.62 bits per heavy atom. The number of hydrogen-bond acceptors (Lipinski definition) is 5. The highest BCUT2D eigenvalue weighted by Crippen LogP contribution is 2.23. The number of hydrogen-bond donors (Lipinski definition) is 1. The van der Waals surface area contributed by atoms with Crippen molar-refractivity contribution in [2.75, 3.05) is 13.7 Å². The smallest absolute Gasteiger partial charge is 0.354 e. The summed E-state index contributed by atoms with van der Waals surface area (Å²) < 4.78 is 4.74. The summed E-state index contributed by atoms with van der Waals surface area (Å²) in [6.45, 7) is 9.02. The van der Waals surface area contributed by atoms with Gasteiger partial charge in [-0.3, -0.25) is 9.59 Å². The summed E-state index contributed by atoms with van der Waals surface area (Å²) in [4.78, 5) is 42.7. The number of amides is 1. The molecule has 6 nitrogen and oxygen atoms in total. The quantitative estimate of drug-likeness (QED) is 0.458. The third kappa shape index (κ3) is 3.62. The number of methoxy groups -OCH3 is 1. The third-order valence-corrected chi connectivity index (χ3v) is 5.10. The lowest BCUT2D eigenvalue weighted by Crippen LogP contribution is -2.43. The Morgan fingerprint density at radius 2 is 2.08 bits per heavy atom. The first kappa shape index (κ1) is 19.7. The van der Waals surface area contributed by atoms with Crippen molar-refractivity contribution in [1.82, 2.24) is 9.88 Å². The van der Waals surface area contributed by atoms with Crippen LogP contribution in [0.2, 0.25) is 0 Å². The first-order chi connectivity index (χ1) is 12.3. The van der Waals surface area contributed by atoms with E-state index in [1.807, 2.05) is 5.38 Å². The molecule has 2 aromatic rings. The second kappa shape index (κ2) is 8.14. The Bertz CT molecular complexity index is 836. The molecule has 2 rings (SSSR count). The molecule has 1 N–H and O–H groups in total. The molecule has 2 heterocycles. The maximum absolute atomic E-state index is 13.1. The molecule has 0 aliphatic heterocycles. The van der Waals surface area contributed by atoms with Gasteiger partial charge in [0.15, 0.2) is 5.78 Å². The van der Waals surface area contributed by atoms with E-state index in [1.165, 1.54) is 23.3 Å². The minimum atomic E-state index is -0.707. The van der Waals surface area contributed by atoms with Crippen LogP contribution in [-0.2, 0) is 4.74 Å². The Balaban J connectivity index is 2.38. The van der Waals surface area contributed by atoms with Crippen LogP contribution in [0, 0.1) is 13.8 Å². The van der Waals surface area contributed by atoms with Gasteiger partial charge in [0, 0.05) is 17.8 Å². The highest BCUT2D eigenvalue weighted by molar-refractivity contribution is 7.12. The zero-order chi connectivity index (χ0) is 19.4. The van der Waals surface area contributed by atoms with Crippen molar-refractivity contribution >= 4 is 29.0 Å². The minimum Gasteiger partial charge on any atom is -0.464 e. The van der Waals surface area contributed by atoms with E-state index >= 15 is 0 Å². The molecule has 138 valence electrons. The molecule has 0 aromatic carbocycles. The predicted octanol–water partition coefficient (Wildman–Crippen LogP) is 3.38. The molecule has 0 radical (unpaired) electrons. The summed E-state index contributed by atoms with van der Waals surface area (Å²) in [7, 11) is 1.29. The van der Waals surface area contributed by atoms with Gasteiger partial charge in [-0.2, -0.15) is 0 Å². The first-order valence-electron chi connectivity index (χ1n) is 8.10. The molecule has 0 bridgehead atoms. The zero-order valence-electron chi connectivity index (χ0n) is 15.3. The van der Waals surface area contributed by atoms with E-state index < -0.39 is 12.0 Å². The maximum Gasteiger partial charge on any atom is 0.354 e. The van der Waals surface area contributed by atoms with Gasteiger partial charge >= 0.3 is 5.97 Å². The third-order valence-electron chi connectivity index (χ3n) is 4.24. The number of ether oxygens (including phenoxy) is 1. The van der Waals surface area contributed by atoms with E-state index in [4.69, 9.17) is 4.74 Å². The number of aromatic amines is 1. The Hall–Kier alpha value is -2.67. The number of carbonyl (C=O) groups is 3. The fourth-order valence-corrected chi connectivity index (χ4v) is 3.55. The Morgan fingerprint density at radius 1 is 1.38 bits per heavy atom. The minimum absolute atomic E-state index is 0.222. The van der Waals surface area contributed by atoms with E-state index in [-0.39, 0.29) is 23.9 Å². The monoisotopic (exact) mass is 374 g/mol. The van der Waals surface area contributed by atoms with Gasteiger partial charge in [0.25, 0.3) is 5.91 Å². The number of Topliss-reactive ketones (excluding diaryl/α,β-unsaturated/α-hetero) is 1. The molecule has 0 aliphatic carbocycles. The van der Waals surface area contributed by atoms with E-state index in [0.717, 1.165) is 0 Å². The van der Waals surface area contributed by atoms with Crippen LogP contribution < -0.4 is 0 Å². The number of H-pyrrole nitrogens is 1. The number of rotatable bonds is 7. The summed E-state index contributed by atoms with van der Waals surface area (Å²) in [5.41, 5.74) is 1.75. The van der Waals surface area contributed by atoms with Gasteiger partial charge in [-0.15, -0.1) is 17.9 Å². The Kier molecular flexibility index (Phi) is 6.15. The molecule has 0 aliphatic rings. The second-order valence-electron chi connectivity index (χ2n) is 5.88.